The van der Waals surface area contributed by atoms with E-state index in [1.165, 1.54) is 21.2 Å². The Labute approximate surface area is 228 Å². The number of benzene rings is 4. The van der Waals surface area contributed by atoms with E-state index in [-0.39, 0.29) is 31.0 Å². The van der Waals surface area contributed by atoms with Crippen molar-refractivity contribution < 1.29 is 15.1 Å². The minimum absolute atomic E-state index is 0.276. The average Bonchev–Trinajstić information content (AvgIpc) is 2.93. The van der Waals surface area contributed by atoms with E-state index < -0.39 is 0 Å². The Balaban J connectivity index is 0.000000222. The van der Waals surface area contributed by atoms with Gasteiger partial charge in [0.25, 0.3) is 0 Å². The van der Waals surface area contributed by atoms with Gasteiger partial charge in [-0.1, -0.05) is 121 Å². The SMILES string of the molecule is NCCP(c1ccccc1)c1ccccc1.NCCP(c1ccccc1)c1ccccc1.[Cl][Ru][Cl]. The van der Waals surface area contributed by atoms with Gasteiger partial charge in [0.2, 0.25) is 0 Å². The molecule has 0 saturated carbocycles. The van der Waals surface area contributed by atoms with Crippen LogP contribution in [0.2, 0.25) is 0 Å². The average molecular weight is 631 g/mol. The van der Waals surface area contributed by atoms with Gasteiger partial charge in [-0.25, -0.2) is 0 Å². The minimum atomic E-state index is -0.346. The van der Waals surface area contributed by atoms with Crippen molar-refractivity contribution in [2.75, 3.05) is 25.4 Å². The van der Waals surface area contributed by atoms with Gasteiger partial charge in [0, 0.05) is 0 Å². The zero-order valence-electron chi connectivity index (χ0n) is 19.5. The van der Waals surface area contributed by atoms with Gasteiger partial charge in [-0.3, -0.25) is 0 Å². The summed E-state index contributed by atoms with van der Waals surface area (Å²) in [5.41, 5.74) is 11.4. The fourth-order valence-electron chi connectivity index (χ4n) is 3.50. The molecular weight excluding hydrogens is 598 g/mol. The van der Waals surface area contributed by atoms with Gasteiger partial charge < -0.3 is 11.5 Å². The van der Waals surface area contributed by atoms with Crippen LogP contribution in [0.1, 0.15) is 0 Å². The molecule has 0 amide bonds. The summed E-state index contributed by atoms with van der Waals surface area (Å²) in [6.07, 6.45) is 2.12. The molecule has 0 unspecified atom stereocenters. The van der Waals surface area contributed by atoms with Gasteiger partial charge in [0.05, 0.1) is 0 Å². The topological polar surface area (TPSA) is 52.0 Å². The van der Waals surface area contributed by atoms with E-state index in [1.807, 2.05) is 0 Å². The van der Waals surface area contributed by atoms with Crippen molar-refractivity contribution in [1.82, 2.24) is 0 Å². The van der Waals surface area contributed by atoms with Crippen LogP contribution in [0.15, 0.2) is 121 Å². The third-order valence-corrected chi connectivity index (χ3v) is 10.1. The van der Waals surface area contributed by atoms with E-state index in [0.717, 1.165) is 25.4 Å². The predicted octanol–water partition coefficient (Wildman–Crippen LogP) is 5.53. The molecule has 186 valence electrons. The quantitative estimate of drug-likeness (QED) is 0.199. The standard InChI is InChI=1S/2C14H16NP.2ClH.Ru/c2*15-11-12-16(13-7-3-1-4-8-13)14-9-5-2-6-10-14;;;/h2*1-10H,11-12,15H2;2*1H;/q;;;;+2/p-2. The number of halogens is 2. The molecule has 0 bridgehead atoms. The number of rotatable bonds is 8. The van der Waals surface area contributed by atoms with Crippen LogP contribution in [0.25, 0.3) is 0 Å². The van der Waals surface area contributed by atoms with Crippen LogP contribution in [-0.4, -0.2) is 25.4 Å². The van der Waals surface area contributed by atoms with Gasteiger partial charge in [-0.05, 0) is 62.5 Å². The van der Waals surface area contributed by atoms with E-state index in [0.29, 0.717) is 0 Å². The molecule has 0 aromatic heterocycles. The van der Waals surface area contributed by atoms with E-state index in [1.54, 1.807) is 0 Å². The normalized spacial score (nSPS) is 10.3. The van der Waals surface area contributed by atoms with Gasteiger partial charge in [-0.2, -0.15) is 0 Å². The number of nitrogens with two attached hydrogens (primary N) is 2. The van der Waals surface area contributed by atoms with Crippen LogP contribution in [-0.2, 0) is 15.1 Å². The van der Waals surface area contributed by atoms with Crippen molar-refractivity contribution in [3.05, 3.63) is 121 Å². The summed E-state index contributed by atoms with van der Waals surface area (Å²) in [6, 6.07) is 42.7. The molecular formula is C28H32Cl2N2P2Ru. The summed E-state index contributed by atoms with van der Waals surface area (Å²) in [7, 11) is 9.16. The molecule has 4 aromatic rings. The van der Waals surface area contributed by atoms with Crippen LogP contribution in [0.5, 0.6) is 0 Å². The first-order valence-corrected chi connectivity index (χ1v) is 18.8. The van der Waals surface area contributed by atoms with Gasteiger partial charge in [-0.15, -0.1) is 0 Å². The van der Waals surface area contributed by atoms with E-state index in [4.69, 9.17) is 30.8 Å². The third-order valence-electron chi connectivity index (χ3n) is 4.98. The molecule has 35 heavy (non-hydrogen) atoms. The van der Waals surface area contributed by atoms with Crippen molar-refractivity contribution in [2.45, 2.75) is 0 Å². The second-order valence-corrected chi connectivity index (χ2v) is 14.6. The molecule has 2 nitrogen and oxygen atoms in total. The van der Waals surface area contributed by atoms with Crippen molar-refractivity contribution in [3.8, 4) is 0 Å². The maximum atomic E-state index is 5.72. The number of hydrogen-bond acceptors (Lipinski definition) is 2. The Hall–Kier alpha value is -1.14. The van der Waals surface area contributed by atoms with Crippen molar-refractivity contribution in [2.24, 2.45) is 11.5 Å². The monoisotopic (exact) mass is 630 g/mol. The molecule has 0 aliphatic carbocycles. The van der Waals surface area contributed by atoms with Crippen LogP contribution >= 0.6 is 35.2 Å². The zero-order chi connectivity index (χ0) is 25.1. The van der Waals surface area contributed by atoms with E-state index in [9.17, 15) is 0 Å². The molecule has 0 aliphatic heterocycles. The third kappa shape index (κ3) is 11.2. The van der Waals surface area contributed by atoms with E-state index in [2.05, 4.69) is 121 Å². The second kappa shape index (κ2) is 19.0. The molecule has 0 spiro atoms. The molecule has 0 aliphatic rings. The van der Waals surface area contributed by atoms with Crippen LogP contribution in [0.4, 0.5) is 0 Å². The van der Waals surface area contributed by atoms with Crippen molar-refractivity contribution >= 4 is 56.4 Å². The summed E-state index contributed by atoms with van der Waals surface area (Å²) < 4.78 is 0. The Bertz CT molecular complexity index is 866. The molecule has 0 atom stereocenters. The molecule has 4 rings (SSSR count). The summed E-state index contributed by atoms with van der Waals surface area (Å²) in [6.45, 7) is 1.49. The fourth-order valence-corrected chi connectivity index (χ4v) is 7.78. The summed E-state index contributed by atoms with van der Waals surface area (Å²) in [5, 5.41) is 5.64. The second-order valence-electron chi connectivity index (χ2n) is 7.27. The maximum absolute atomic E-state index is 5.72. The molecule has 0 saturated heterocycles. The molecule has 4 N–H and O–H groups in total. The molecule has 7 heteroatoms. The first-order chi connectivity index (χ1) is 17.2. The van der Waals surface area contributed by atoms with E-state index >= 15 is 0 Å². The molecule has 0 heterocycles. The van der Waals surface area contributed by atoms with Crippen molar-refractivity contribution in [1.29, 1.82) is 0 Å². The summed E-state index contributed by atoms with van der Waals surface area (Å²) in [4.78, 5) is 0. The Kier molecular flexibility index (Phi) is 16.4. The summed E-state index contributed by atoms with van der Waals surface area (Å²) >= 11 is -0.346. The Morgan fingerprint density at radius 1 is 0.457 bits per heavy atom. The molecule has 0 radical (unpaired) electrons. The molecule has 0 fully saturated rings. The van der Waals surface area contributed by atoms with Gasteiger partial charge in [0.1, 0.15) is 0 Å². The molecule has 4 aromatic carbocycles. The fraction of sp³-hybridized carbons (Fsp3) is 0.143. The van der Waals surface area contributed by atoms with Crippen LogP contribution in [0, 0.1) is 0 Å². The van der Waals surface area contributed by atoms with Crippen LogP contribution < -0.4 is 32.7 Å². The first-order valence-electron chi connectivity index (χ1n) is 11.3. The predicted molar refractivity (Wildman–Crippen MR) is 158 cm³/mol. The van der Waals surface area contributed by atoms with Crippen molar-refractivity contribution in [3.63, 3.8) is 0 Å². The summed E-state index contributed by atoms with van der Waals surface area (Å²) in [5.74, 6) is 0. The first kappa shape index (κ1) is 30.1. The van der Waals surface area contributed by atoms with Gasteiger partial charge in [0.15, 0.2) is 0 Å². The Morgan fingerprint density at radius 3 is 0.829 bits per heavy atom. The van der Waals surface area contributed by atoms with Crippen LogP contribution in [0.3, 0.4) is 0 Å². The van der Waals surface area contributed by atoms with Gasteiger partial charge >= 0.3 is 34.5 Å². The number of hydrogen-bond donors (Lipinski definition) is 2. The Morgan fingerprint density at radius 2 is 0.657 bits per heavy atom. The zero-order valence-corrected chi connectivity index (χ0v) is 24.6.